The van der Waals surface area contributed by atoms with Gasteiger partial charge >= 0.3 is 0 Å². The Morgan fingerprint density at radius 2 is 2.14 bits per heavy atom. The third-order valence-corrected chi connectivity index (χ3v) is 5.99. The number of nitrogens with zero attached hydrogens (tertiary/aromatic N) is 2. The summed E-state index contributed by atoms with van der Waals surface area (Å²) in [5.41, 5.74) is 16.1. The second-order valence-electron chi connectivity index (χ2n) is 7.38. The van der Waals surface area contributed by atoms with E-state index in [-0.39, 0.29) is 5.91 Å². The highest BCUT2D eigenvalue weighted by molar-refractivity contribution is 6.36. The minimum absolute atomic E-state index is 0.145. The van der Waals surface area contributed by atoms with E-state index in [1.54, 1.807) is 17.0 Å². The van der Waals surface area contributed by atoms with Gasteiger partial charge in [0.25, 0.3) is 5.91 Å². The highest BCUT2D eigenvalue weighted by Crippen LogP contribution is 2.40. The Labute approximate surface area is 173 Å². The van der Waals surface area contributed by atoms with E-state index in [2.05, 4.69) is 4.98 Å². The van der Waals surface area contributed by atoms with Crippen LogP contribution in [0.15, 0.2) is 18.2 Å². The van der Waals surface area contributed by atoms with E-state index in [4.69, 9.17) is 39.4 Å². The van der Waals surface area contributed by atoms with Gasteiger partial charge in [-0.15, -0.1) is 0 Å². The van der Waals surface area contributed by atoms with Crippen LogP contribution in [0, 0.1) is 6.92 Å². The molecule has 2 aromatic rings. The molecule has 6 nitrogen and oxygen atoms in total. The number of aryl methyl sites for hydroxylation is 1. The van der Waals surface area contributed by atoms with Gasteiger partial charge in [0.2, 0.25) is 0 Å². The molecule has 4 N–H and O–H groups in total. The average molecular weight is 421 g/mol. The molecule has 3 heterocycles. The van der Waals surface area contributed by atoms with Crippen LogP contribution < -0.4 is 11.5 Å². The van der Waals surface area contributed by atoms with E-state index >= 15 is 0 Å². The van der Waals surface area contributed by atoms with Crippen LogP contribution in [0.25, 0.3) is 11.1 Å². The van der Waals surface area contributed by atoms with Crippen LogP contribution in [0.3, 0.4) is 0 Å². The normalized spacial score (nSPS) is 21.5. The van der Waals surface area contributed by atoms with Gasteiger partial charge in [-0.1, -0.05) is 29.3 Å². The molecule has 0 bridgehead atoms. The molecule has 0 spiro atoms. The summed E-state index contributed by atoms with van der Waals surface area (Å²) in [6.45, 7) is 3.48. The summed E-state index contributed by atoms with van der Waals surface area (Å²) in [6, 6.07) is 5.33. The van der Waals surface area contributed by atoms with Gasteiger partial charge in [0.05, 0.1) is 6.54 Å². The van der Waals surface area contributed by atoms with Gasteiger partial charge in [-0.25, -0.2) is 4.98 Å². The predicted molar refractivity (Wildman–Crippen MR) is 109 cm³/mol. The van der Waals surface area contributed by atoms with E-state index in [1.807, 2.05) is 13.0 Å². The van der Waals surface area contributed by atoms with E-state index < -0.39 is 5.72 Å². The number of carbonyl (C=O) groups excluding carboxylic acids is 1. The van der Waals surface area contributed by atoms with Crippen LogP contribution in [0.4, 0.5) is 0 Å². The second kappa shape index (κ2) is 7.28. The highest BCUT2D eigenvalue weighted by atomic mass is 35.5. The predicted octanol–water partition coefficient (Wildman–Crippen LogP) is 3.24. The van der Waals surface area contributed by atoms with Crippen molar-refractivity contribution < 1.29 is 9.53 Å². The summed E-state index contributed by atoms with van der Waals surface area (Å²) >= 11 is 12.6. The Balaban J connectivity index is 1.82. The molecule has 1 atom stereocenters. The Kier molecular flexibility index (Phi) is 5.10. The third-order valence-electron chi connectivity index (χ3n) is 5.44. The summed E-state index contributed by atoms with van der Waals surface area (Å²) < 4.78 is 5.67. The average Bonchev–Trinajstić information content (AvgIpc) is 3.19. The van der Waals surface area contributed by atoms with Gasteiger partial charge in [0, 0.05) is 46.6 Å². The summed E-state index contributed by atoms with van der Waals surface area (Å²) in [5.74, 6) is -0.145. The van der Waals surface area contributed by atoms with E-state index in [1.165, 1.54) is 0 Å². The maximum Gasteiger partial charge on any atom is 0.273 e. The number of nitrogens with two attached hydrogens (primary N) is 2. The first-order valence-electron chi connectivity index (χ1n) is 9.23. The molecule has 0 aliphatic carbocycles. The van der Waals surface area contributed by atoms with Crippen LogP contribution in [-0.2, 0) is 17.8 Å². The first-order valence-corrected chi connectivity index (χ1v) is 9.98. The monoisotopic (exact) mass is 420 g/mol. The second-order valence-corrected chi connectivity index (χ2v) is 8.23. The number of ether oxygens (including phenoxy) is 1. The SMILES string of the molecule is Cc1nc2c(c(-c3ccc(Cl)cc3Cl)c1CN)CN(C[C@]1(N)CCCO1)C2=O. The number of fused-ring (bicyclic) bond motifs is 1. The molecule has 1 amide bonds. The van der Waals surface area contributed by atoms with Crippen molar-refractivity contribution in [3.05, 3.63) is 50.8 Å². The fourth-order valence-electron chi connectivity index (χ4n) is 4.09. The minimum atomic E-state index is -0.804. The quantitative estimate of drug-likeness (QED) is 0.791. The van der Waals surface area contributed by atoms with Gasteiger partial charge in [0.15, 0.2) is 0 Å². The number of halogens is 2. The third kappa shape index (κ3) is 3.29. The lowest BCUT2D eigenvalue weighted by Crippen LogP contribution is -2.49. The molecule has 0 saturated carbocycles. The zero-order valence-electron chi connectivity index (χ0n) is 15.6. The molecule has 2 aliphatic heterocycles. The molecule has 1 fully saturated rings. The summed E-state index contributed by atoms with van der Waals surface area (Å²) in [4.78, 5) is 19.3. The van der Waals surface area contributed by atoms with E-state index in [0.717, 1.165) is 40.8 Å². The summed E-state index contributed by atoms with van der Waals surface area (Å²) in [5, 5.41) is 1.06. The van der Waals surface area contributed by atoms with Crippen molar-refractivity contribution >= 4 is 29.1 Å². The molecule has 148 valence electrons. The lowest BCUT2D eigenvalue weighted by molar-refractivity contribution is -0.0150. The maximum absolute atomic E-state index is 13.1. The lowest BCUT2D eigenvalue weighted by atomic mass is 9.93. The smallest absolute Gasteiger partial charge is 0.273 e. The topological polar surface area (TPSA) is 94.5 Å². The molecule has 4 rings (SSSR count). The van der Waals surface area contributed by atoms with Crippen molar-refractivity contribution in [1.29, 1.82) is 0 Å². The number of rotatable bonds is 4. The highest BCUT2D eigenvalue weighted by Gasteiger charge is 2.40. The van der Waals surface area contributed by atoms with Crippen LogP contribution >= 0.6 is 23.2 Å². The van der Waals surface area contributed by atoms with Gasteiger partial charge in [-0.3, -0.25) is 4.79 Å². The van der Waals surface area contributed by atoms with Crippen molar-refractivity contribution in [1.82, 2.24) is 9.88 Å². The Morgan fingerprint density at radius 1 is 1.36 bits per heavy atom. The molecular weight excluding hydrogens is 399 g/mol. The van der Waals surface area contributed by atoms with Crippen molar-refractivity contribution in [2.24, 2.45) is 11.5 Å². The molecule has 1 aromatic heterocycles. The number of carbonyl (C=O) groups is 1. The van der Waals surface area contributed by atoms with Gasteiger partial charge < -0.3 is 21.1 Å². The number of amides is 1. The number of benzene rings is 1. The molecule has 28 heavy (non-hydrogen) atoms. The first-order chi connectivity index (χ1) is 13.3. The van der Waals surface area contributed by atoms with E-state index in [0.29, 0.717) is 42.0 Å². The first kappa shape index (κ1) is 19.6. The molecule has 8 heteroatoms. The van der Waals surface area contributed by atoms with E-state index in [9.17, 15) is 4.79 Å². The number of hydrogen-bond donors (Lipinski definition) is 2. The lowest BCUT2D eigenvalue weighted by Gasteiger charge is -2.28. The van der Waals surface area contributed by atoms with Gasteiger partial charge in [0.1, 0.15) is 11.4 Å². The van der Waals surface area contributed by atoms with Crippen molar-refractivity contribution in [2.75, 3.05) is 13.2 Å². The molecule has 1 saturated heterocycles. The Hall–Kier alpha value is -1.70. The van der Waals surface area contributed by atoms with Crippen LogP contribution in [0.2, 0.25) is 10.0 Å². The zero-order valence-corrected chi connectivity index (χ0v) is 17.1. The summed E-state index contributed by atoms with van der Waals surface area (Å²) in [7, 11) is 0. The summed E-state index contributed by atoms with van der Waals surface area (Å²) in [6.07, 6.45) is 1.62. The molecule has 0 unspecified atom stereocenters. The number of hydrogen-bond acceptors (Lipinski definition) is 5. The van der Waals surface area contributed by atoms with Gasteiger partial charge in [-0.05, 0) is 43.0 Å². The minimum Gasteiger partial charge on any atom is -0.359 e. The van der Waals surface area contributed by atoms with Gasteiger partial charge in [-0.2, -0.15) is 0 Å². The Bertz CT molecular complexity index is 958. The van der Waals surface area contributed by atoms with Crippen LogP contribution in [0.5, 0.6) is 0 Å². The fraction of sp³-hybridized carbons (Fsp3) is 0.400. The number of pyridine rings is 1. The molecule has 2 aliphatic rings. The standard InChI is InChI=1S/C20H22Cl2N4O2/c1-11-14(8-23)17(13-4-3-12(21)7-16(13)22)15-9-26(19(27)18(15)25-11)10-20(24)5-2-6-28-20/h3-4,7H,2,5-6,8-10,23-24H2,1H3/t20-/m0/s1. The fourth-order valence-corrected chi connectivity index (χ4v) is 4.59. The molecule has 0 radical (unpaired) electrons. The molecule has 1 aromatic carbocycles. The molecular formula is C20H22Cl2N4O2. The van der Waals surface area contributed by atoms with Crippen LogP contribution in [0.1, 0.15) is 40.2 Å². The van der Waals surface area contributed by atoms with Crippen molar-refractivity contribution in [3.8, 4) is 11.1 Å². The van der Waals surface area contributed by atoms with Crippen molar-refractivity contribution in [3.63, 3.8) is 0 Å². The van der Waals surface area contributed by atoms with Crippen LogP contribution in [-0.4, -0.2) is 34.7 Å². The maximum atomic E-state index is 13.1. The zero-order chi connectivity index (χ0) is 20.1. The number of aromatic nitrogens is 1. The largest absolute Gasteiger partial charge is 0.359 e. The Morgan fingerprint density at radius 3 is 2.79 bits per heavy atom. The van der Waals surface area contributed by atoms with Crippen molar-refractivity contribution in [2.45, 2.75) is 38.6 Å².